The third-order valence-electron chi connectivity index (χ3n) is 7.53. The van der Waals surface area contributed by atoms with Crippen molar-refractivity contribution >= 4 is 12.1 Å². The van der Waals surface area contributed by atoms with Crippen molar-refractivity contribution in [3.8, 4) is 17.0 Å². The highest BCUT2D eigenvalue weighted by Crippen LogP contribution is 2.35. The molecular weight excluding hydrogens is 510 g/mol. The largest absolute Gasteiger partial charge is 0.488 e. The smallest absolute Gasteiger partial charge is 0.410 e. The van der Waals surface area contributed by atoms with Crippen LogP contribution in [0.3, 0.4) is 0 Å². The molecule has 0 aliphatic heterocycles. The van der Waals surface area contributed by atoms with E-state index in [2.05, 4.69) is 10.1 Å². The van der Waals surface area contributed by atoms with Crippen LogP contribution in [0.5, 0.6) is 5.75 Å². The van der Waals surface area contributed by atoms with Crippen molar-refractivity contribution in [2.24, 2.45) is 13.0 Å². The van der Waals surface area contributed by atoms with Crippen LogP contribution < -0.4 is 4.74 Å². The molecule has 2 saturated carbocycles. The van der Waals surface area contributed by atoms with Crippen molar-refractivity contribution < 1.29 is 32.6 Å². The van der Waals surface area contributed by atoms with E-state index in [1.54, 1.807) is 43.6 Å². The fraction of sp³-hybridized carbons (Fsp3) is 0.643. The monoisotopic (exact) mass is 548 g/mol. The average molecular weight is 549 g/mol. The molecule has 0 bridgehead atoms. The van der Waals surface area contributed by atoms with Gasteiger partial charge in [-0.2, -0.15) is 5.10 Å². The number of pyridine rings is 1. The summed E-state index contributed by atoms with van der Waals surface area (Å²) in [6.07, 6.45) is 4.22. The lowest BCUT2D eigenvalue weighted by atomic mass is 9.87. The van der Waals surface area contributed by atoms with Gasteiger partial charge in [0.2, 0.25) is 0 Å². The first-order chi connectivity index (χ1) is 18.6. The quantitative estimate of drug-likeness (QED) is 0.364. The van der Waals surface area contributed by atoms with E-state index >= 15 is 0 Å². The summed E-state index contributed by atoms with van der Waals surface area (Å²) >= 11 is 0. The average Bonchev–Trinajstić information content (AvgIpc) is 3.57. The molecule has 214 valence electrons. The van der Waals surface area contributed by atoms with E-state index in [4.69, 9.17) is 14.2 Å². The minimum absolute atomic E-state index is 0.00770. The van der Waals surface area contributed by atoms with Crippen LogP contribution in [0, 0.1) is 5.92 Å². The maximum absolute atomic E-state index is 14.1. The number of carbonyl (C=O) groups excluding carboxylic acids is 2. The summed E-state index contributed by atoms with van der Waals surface area (Å²) in [4.78, 5) is 30.8. The highest BCUT2D eigenvalue weighted by molar-refractivity contribution is 5.72. The zero-order chi connectivity index (χ0) is 28.1. The number of hydrogen-bond acceptors (Lipinski definition) is 7. The van der Waals surface area contributed by atoms with E-state index in [-0.39, 0.29) is 48.2 Å². The highest BCUT2D eigenvalue weighted by atomic mass is 19.3. The van der Waals surface area contributed by atoms with Crippen LogP contribution in [0.1, 0.15) is 83.0 Å². The minimum Gasteiger partial charge on any atom is -0.488 e. The fourth-order valence-electron chi connectivity index (χ4n) is 5.36. The maximum atomic E-state index is 14.1. The Morgan fingerprint density at radius 2 is 1.87 bits per heavy atom. The number of alkyl halides is 2. The van der Waals surface area contributed by atoms with Crippen molar-refractivity contribution in [3.63, 3.8) is 0 Å². The lowest BCUT2D eigenvalue weighted by molar-refractivity contribution is -0.154. The topological polar surface area (TPSA) is 95.8 Å². The van der Waals surface area contributed by atoms with E-state index in [9.17, 15) is 18.4 Å². The van der Waals surface area contributed by atoms with E-state index in [1.165, 1.54) is 12.3 Å². The van der Waals surface area contributed by atoms with Crippen LogP contribution >= 0.6 is 0 Å². The number of aromatic nitrogens is 3. The van der Waals surface area contributed by atoms with Crippen molar-refractivity contribution in [3.05, 3.63) is 29.7 Å². The number of esters is 1. The Morgan fingerprint density at radius 1 is 1.13 bits per heavy atom. The van der Waals surface area contributed by atoms with Gasteiger partial charge in [-0.25, -0.2) is 18.6 Å². The van der Waals surface area contributed by atoms with Gasteiger partial charge in [-0.05, 0) is 64.5 Å². The van der Waals surface area contributed by atoms with Crippen LogP contribution in [-0.4, -0.2) is 57.0 Å². The van der Waals surface area contributed by atoms with Crippen LogP contribution in [0.25, 0.3) is 11.3 Å². The molecule has 0 N–H and O–H groups in total. The van der Waals surface area contributed by atoms with Crippen LogP contribution in [-0.2, 0) is 27.9 Å². The number of carbonyl (C=O) groups is 2. The summed E-state index contributed by atoms with van der Waals surface area (Å²) < 4.78 is 46.6. The van der Waals surface area contributed by atoms with Gasteiger partial charge in [-0.3, -0.25) is 9.48 Å². The molecule has 0 saturated heterocycles. The molecule has 2 aliphatic rings. The summed E-state index contributed by atoms with van der Waals surface area (Å²) in [5, 5.41) is 4.24. The lowest BCUT2D eigenvalue weighted by Crippen LogP contribution is -2.35. The van der Waals surface area contributed by atoms with Crippen LogP contribution in [0.15, 0.2) is 18.3 Å². The second kappa shape index (κ2) is 12.7. The zero-order valence-electron chi connectivity index (χ0n) is 23.1. The molecular formula is C28H38F2N4O5. The third-order valence-corrected chi connectivity index (χ3v) is 7.53. The van der Waals surface area contributed by atoms with Gasteiger partial charge in [0.05, 0.1) is 35.7 Å². The number of nitrogens with zero attached hydrogens (tertiary/aromatic N) is 4. The van der Waals surface area contributed by atoms with Gasteiger partial charge in [0.1, 0.15) is 18.1 Å². The number of rotatable bonds is 9. The van der Waals surface area contributed by atoms with Crippen molar-refractivity contribution in [2.75, 3.05) is 7.05 Å². The number of hydrogen-bond donors (Lipinski definition) is 0. The Morgan fingerprint density at radius 3 is 2.56 bits per heavy atom. The molecule has 2 fully saturated rings. The molecule has 2 aromatic rings. The molecule has 11 heteroatoms. The second-order valence-corrected chi connectivity index (χ2v) is 10.7. The molecule has 4 rings (SSSR count). The SMILES string of the molecule is CC(C)OC(=O)[C@H]1CCC[C@H](Oc2ccc(-c3cnn(C)c3COC(=O)N(C)C3CCCC3)nc2C(F)F)C1. The lowest BCUT2D eigenvalue weighted by Gasteiger charge is -2.29. The molecule has 1 amide bonds. The van der Waals surface area contributed by atoms with E-state index in [0.717, 1.165) is 32.1 Å². The molecule has 0 unspecified atom stereocenters. The molecule has 39 heavy (non-hydrogen) atoms. The van der Waals surface area contributed by atoms with Gasteiger partial charge in [0, 0.05) is 25.7 Å². The standard InChI is InChI=1S/C28H38F2N4O5/c1-17(2)38-27(35)18-8-7-11-20(14-18)39-24-13-12-22(32-25(24)26(29)30)21-15-31-34(4)23(21)16-37-28(36)33(3)19-9-5-6-10-19/h12-13,15,17-20,26H,5-11,14,16H2,1-4H3/t18-,20-/m0/s1. The number of amides is 1. The number of ether oxygens (including phenoxy) is 3. The van der Waals surface area contributed by atoms with Gasteiger partial charge in [0.25, 0.3) is 6.43 Å². The number of aryl methyl sites for hydroxylation is 1. The van der Waals surface area contributed by atoms with Crippen molar-refractivity contribution in [1.29, 1.82) is 0 Å². The Kier molecular flexibility index (Phi) is 9.40. The summed E-state index contributed by atoms with van der Waals surface area (Å²) in [7, 11) is 3.43. The first kappa shape index (κ1) is 28.8. The Bertz CT molecular complexity index is 1150. The molecule has 0 aromatic carbocycles. The molecule has 9 nitrogen and oxygen atoms in total. The minimum atomic E-state index is -2.87. The fourth-order valence-corrected chi connectivity index (χ4v) is 5.36. The normalized spacial score (nSPS) is 19.9. The van der Waals surface area contributed by atoms with Gasteiger partial charge >= 0.3 is 12.1 Å². The Labute approximate surface area is 227 Å². The molecule has 2 heterocycles. The summed E-state index contributed by atoms with van der Waals surface area (Å²) in [5.74, 6) is -0.603. The first-order valence-electron chi connectivity index (χ1n) is 13.7. The third kappa shape index (κ3) is 7.05. The highest BCUT2D eigenvalue weighted by Gasteiger charge is 2.31. The summed E-state index contributed by atoms with van der Waals surface area (Å²) in [6.45, 7) is 3.52. The first-order valence-corrected chi connectivity index (χ1v) is 13.7. The molecule has 0 spiro atoms. The zero-order valence-corrected chi connectivity index (χ0v) is 23.1. The summed E-state index contributed by atoms with van der Waals surface area (Å²) in [5.41, 5.74) is 0.842. The van der Waals surface area contributed by atoms with Crippen LogP contribution in [0.2, 0.25) is 0 Å². The van der Waals surface area contributed by atoms with E-state index < -0.39 is 18.2 Å². The number of halogens is 2. The maximum Gasteiger partial charge on any atom is 0.410 e. The predicted molar refractivity (Wildman–Crippen MR) is 139 cm³/mol. The molecule has 0 radical (unpaired) electrons. The van der Waals surface area contributed by atoms with Crippen molar-refractivity contribution in [2.45, 2.75) is 96.5 Å². The summed E-state index contributed by atoms with van der Waals surface area (Å²) in [6, 6.07) is 3.25. The second-order valence-electron chi connectivity index (χ2n) is 10.7. The van der Waals surface area contributed by atoms with Gasteiger partial charge < -0.3 is 19.1 Å². The Hall–Kier alpha value is -3.24. The predicted octanol–water partition coefficient (Wildman–Crippen LogP) is 5.82. The van der Waals surface area contributed by atoms with Gasteiger partial charge in [-0.1, -0.05) is 12.8 Å². The Balaban J connectivity index is 1.47. The molecule has 2 aliphatic carbocycles. The molecule has 2 aromatic heterocycles. The molecule has 2 atom stereocenters. The van der Waals surface area contributed by atoms with Crippen molar-refractivity contribution in [1.82, 2.24) is 19.7 Å². The van der Waals surface area contributed by atoms with Gasteiger partial charge in [0.15, 0.2) is 0 Å². The van der Waals surface area contributed by atoms with E-state index in [0.29, 0.717) is 30.5 Å². The van der Waals surface area contributed by atoms with E-state index in [1.807, 2.05) is 0 Å². The van der Waals surface area contributed by atoms with Crippen LogP contribution in [0.4, 0.5) is 13.6 Å². The van der Waals surface area contributed by atoms with Gasteiger partial charge in [-0.15, -0.1) is 0 Å².